The lowest BCUT2D eigenvalue weighted by atomic mass is 10.2. The van der Waals surface area contributed by atoms with Crippen LogP contribution in [0.4, 0.5) is 5.69 Å². The number of rotatable bonds is 1. The first-order chi connectivity index (χ1) is 7.16. The van der Waals surface area contributed by atoms with E-state index >= 15 is 0 Å². The molecule has 1 saturated heterocycles. The summed E-state index contributed by atoms with van der Waals surface area (Å²) in [4.78, 5) is 13.2. The average molecular weight is 245 g/mol. The Labute approximate surface area is 98.0 Å². The zero-order chi connectivity index (χ0) is 10.8. The predicted molar refractivity (Wildman–Crippen MR) is 61.7 cm³/mol. The van der Waals surface area contributed by atoms with Crippen LogP contribution in [0.25, 0.3) is 0 Å². The molecule has 1 aliphatic heterocycles. The molecule has 0 unspecified atom stereocenters. The Balaban J connectivity index is 2.21. The van der Waals surface area contributed by atoms with Crippen molar-refractivity contribution in [3.63, 3.8) is 0 Å². The molecular formula is C10H10Cl2N2O. The lowest BCUT2D eigenvalue weighted by Gasteiger charge is -2.28. The Bertz CT molecular complexity index is 395. The molecule has 0 aliphatic carbocycles. The topological polar surface area (TPSA) is 32.3 Å². The van der Waals surface area contributed by atoms with E-state index < -0.39 is 0 Å². The second-order valence-corrected chi connectivity index (χ2v) is 4.18. The predicted octanol–water partition coefficient (Wildman–Crippen LogP) is 1.93. The number of carbonyl (C=O) groups excluding carboxylic acids is 1. The maximum atomic E-state index is 11.2. The van der Waals surface area contributed by atoms with Crippen LogP contribution in [-0.2, 0) is 4.79 Å². The Hall–Kier alpha value is -0.930. The number of piperazine rings is 1. The van der Waals surface area contributed by atoms with Gasteiger partial charge in [0.15, 0.2) is 0 Å². The zero-order valence-electron chi connectivity index (χ0n) is 7.96. The van der Waals surface area contributed by atoms with Gasteiger partial charge in [0, 0.05) is 18.8 Å². The molecule has 0 atom stereocenters. The first kappa shape index (κ1) is 10.6. The molecule has 1 heterocycles. The molecule has 0 saturated carbocycles. The van der Waals surface area contributed by atoms with Gasteiger partial charge in [-0.3, -0.25) is 4.79 Å². The quantitative estimate of drug-likeness (QED) is 0.819. The molecule has 2 rings (SSSR count). The number of hydrogen-bond acceptors (Lipinski definition) is 2. The smallest absolute Gasteiger partial charge is 0.239 e. The average Bonchev–Trinajstić information content (AvgIpc) is 2.22. The highest BCUT2D eigenvalue weighted by Crippen LogP contribution is 2.27. The number of amides is 1. The van der Waals surface area contributed by atoms with Crippen molar-refractivity contribution in [2.45, 2.75) is 0 Å². The van der Waals surface area contributed by atoms with Gasteiger partial charge in [0.2, 0.25) is 5.91 Å². The van der Waals surface area contributed by atoms with E-state index in [-0.39, 0.29) is 5.91 Å². The number of nitrogens with zero attached hydrogens (tertiary/aromatic N) is 1. The number of halogens is 2. The van der Waals surface area contributed by atoms with E-state index in [2.05, 4.69) is 5.32 Å². The Morgan fingerprint density at radius 3 is 2.73 bits per heavy atom. The minimum Gasteiger partial charge on any atom is -0.360 e. The van der Waals surface area contributed by atoms with Crippen LogP contribution in [0.15, 0.2) is 18.2 Å². The van der Waals surface area contributed by atoms with E-state index in [0.29, 0.717) is 23.1 Å². The molecule has 0 radical (unpaired) electrons. The molecule has 1 fully saturated rings. The zero-order valence-corrected chi connectivity index (χ0v) is 9.48. The van der Waals surface area contributed by atoms with Crippen molar-refractivity contribution in [2.24, 2.45) is 0 Å². The molecule has 0 bridgehead atoms. The largest absolute Gasteiger partial charge is 0.360 e. The van der Waals surface area contributed by atoms with Gasteiger partial charge in [-0.1, -0.05) is 23.2 Å². The Kier molecular flexibility index (Phi) is 3.03. The van der Waals surface area contributed by atoms with Crippen molar-refractivity contribution in [1.29, 1.82) is 0 Å². The molecule has 1 N–H and O–H groups in total. The number of carbonyl (C=O) groups is 1. The summed E-state index contributed by atoms with van der Waals surface area (Å²) in [5, 5.41) is 3.81. The summed E-state index contributed by atoms with van der Waals surface area (Å²) in [5.41, 5.74) is 0.930. The van der Waals surface area contributed by atoms with Gasteiger partial charge in [-0.05, 0) is 18.2 Å². The number of nitrogens with one attached hydrogen (secondary N) is 1. The summed E-state index contributed by atoms with van der Waals surface area (Å²) in [6, 6.07) is 5.39. The summed E-state index contributed by atoms with van der Waals surface area (Å²) in [6.07, 6.45) is 0. The third kappa shape index (κ3) is 2.36. The summed E-state index contributed by atoms with van der Waals surface area (Å²) >= 11 is 11.7. The molecule has 0 aromatic heterocycles. The molecule has 80 valence electrons. The van der Waals surface area contributed by atoms with Crippen molar-refractivity contribution >= 4 is 34.8 Å². The lowest BCUT2D eigenvalue weighted by molar-refractivity contribution is -0.120. The van der Waals surface area contributed by atoms with Gasteiger partial charge in [-0.25, -0.2) is 0 Å². The summed E-state index contributed by atoms with van der Waals surface area (Å²) in [7, 11) is 0. The number of benzene rings is 1. The minimum absolute atomic E-state index is 0.0346. The van der Waals surface area contributed by atoms with Crippen molar-refractivity contribution in [3.05, 3.63) is 28.2 Å². The summed E-state index contributed by atoms with van der Waals surface area (Å²) in [6.45, 7) is 1.83. The van der Waals surface area contributed by atoms with E-state index in [0.717, 1.165) is 12.2 Å². The second kappa shape index (κ2) is 4.29. The first-order valence-electron chi connectivity index (χ1n) is 4.63. The molecule has 0 spiro atoms. The van der Waals surface area contributed by atoms with E-state index in [9.17, 15) is 4.79 Å². The molecule has 1 amide bonds. The van der Waals surface area contributed by atoms with Crippen molar-refractivity contribution in [3.8, 4) is 0 Å². The number of hydrogen-bond donors (Lipinski definition) is 1. The lowest BCUT2D eigenvalue weighted by Crippen LogP contribution is -2.47. The van der Waals surface area contributed by atoms with Gasteiger partial charge in [-0.15, -0.1) is 0 Å². The van der Waals surface area contributed by atoms with Crippen LogP contribution in [-0.4, -0.2) is 25.5 Å². The SMILES string of the molecule is O=C1CN(c2ccc(Cl)c(Cl)c2)CCN1. The van der Waals surface area contributed by atoms with Crippen molar-refractivity contribution < 1.29 is 4.79 Å². The molecule has 3 nitrogen and oxygen atoms in total. The van der Waals surface area contributed by atoms with Gasteiger partial charge in [0.25, 0.3) is 0 Å². The van der Waals surface area contributed by atoms with Crippen molar-refractivity contribution in [1.82, 2.24) is 5.32 Å². The van der Waals surface area contributed by atoms with Gasteiger partial charge in [0.05, 0.1) is 16.6 Å². The number of anilines is 1. The molecule has 5 heteroatoms. The monoisotopic (exact) mass is 244 g/mol. The van der Waals surface area contributed by atoms with Crippen LogP contribution in [0.1, 0.15) is 0 Å². The maximum absolute atomic E-state index is 11.2. The molecular weight excluding hydrogens is 235 g/mol. The van der Waals surface area contributed by atoms with E-state index in [1.165, 1.54) is 0 Å². The normalized spacial score (nSPS) is 16.4. The van der Waals surface area contributed by atoms with Crippen LogP contribution in [0.5, 0.6) is 0 Å². The standard InChI is InChI=1S/C10H10Cl2N2O/c11-8-2-1-7(5-9(8)12)14-4-3-13-10(15)6-14/h1-2,5H,3-4,6H2,(H,13,15). The van der Waals surface area contributed by atoms with Gasteiger partial charge in [-0.2, -0.15) is 0 Å². The molecule has 1 aliphatic rings. The summed E-state index contributed by atoms with van der Waals surface area (Å²) < 4.78 is 0. The third-order valence-electron chi connectivity index (χ3n) is 2.31. The maximum Gasteiger partial charge on any atom is 0.239 e. The van der Waals surface area contributed by atoms with Gasteiger partial charge >= 0.3 is 0 Å². The fourth-order valence-electron chi connectivity index (χ4n) is 1.54. The van der Waals surface area contributed by atoms with E-state index in [1.54, 1.807) is 12.1 Å². The van der Waals surface area contributed by atoms with Gasteiger partial charge < -0.3 is 10.2 Å². The van der Waals surface area contributed by atoms with Crippen LogP contribution in [0, 0.1) is 0 Å². The highest BCUT2D eigenvalue weighted by Gasteiger charge is 2.16. The van der Waals surface area contributed by atoms with Crippen LogP contribution in [0.2, 0.25) is 10.0 Å². The van der Waals surface area contributed by atoms with Crippen LogP contribution >= 0.6 is 23.2 Å². The molecule has 1 aromatic carbocycles. The fourth-order valence-corrected chi connectivity index (χ4v) is 1.83. The first-order valence-corrected chi connectivity index (χ1v) is 5.39. The Morgan fingerprint density at radius 2 is 2.07 bits per heavy atom. The third-order valence-corrected chi connectivity index (χ3v) is 3.05. The highest BCUT2D eigenvalue weighted by molar-refractivity contribution is 6.42. The minimum atomic E-state index is 0.0346. The Morgan fingerprint density at radius 1 is 1.27 bits per heavy atom. The molecule has 1 aromatic rings. The van der Waals surface area contributed by atoms with Crippen LogP contribution in [0.3, 0.4) is 0 Å². The second-order valence-electron chi connectivity index (χ2n) is 3.37. The van der Waals surface area contributed by atoms with Crippen LogP contribution < -0.4 is 10.2 Å². The van der Waals surface area contributed by atoms with E-state index in [4.69, 9.17) is 23.2 Å². The van der Waals surface area contributed by atoms with Gasteiger partial charge in [0.1, 0.15) is 0 Å². The van der Waals surface area contributed by atoms with Crippen molar-refractivity contribution in [2.75, 3.05) is 24.5 Å². The molecule has 15 heavy (non-hydrogen) atoms. The summed E-state index contributed by atoms with van der Waals surface area (Å²) in [5.74, 6) is 0.0346. The van der Waals surface area contributed by atoms with E-state index in [1.807, 2.05) is 11.0 Å². The highest BCUT2D eigenvalue weighted by atomic mass is 35.5. The fraction of sp³-hybridized carbons (Fsp3) is 0.300.